The second-order valence-corrected chi connectivity index (χ2v) is 33.7. The second kappa shape index (κ2) is 46.1. The molecule has 21 aromatic rings. The molecule has 0 aliphatic carbocycles. The summed E-state index contributed by atoms with van der Waals surface area (Å²) in [4.78, 5) is 52.7. The van der Waals surface area contributed by atoms with E-state index in [1.54, 1.807) is 0 Å². The van der Waals surface area contributed by atoms with Gasteiger partial charge in [-0.1, -0.05) is 477 Å². The van der Waals surface area contributed by atoms with E-state index in [-0.39, 0.29) is 6.04 Å². The molecule has 22 rings (SSSR count). The van der Waals surface area contributed by atoms with Crippen LogP contribution in [0.2, 0.25) is 0 Å². The molecule has 0 N–H and O–H groups in total. The number of benzene rings is 16. The third-order valence-electron chi connectivity index (χ3n) is 23.0. The summed E-state index contributed by atoms with van der Waals surface area (Å²) in [7, 11) is 0. The summed E-state index contributed by atoms with van der Waals surface area (Å²) in [5, 5.41) is 0. The largest absolute Gasteiger partial charge is 0.276 e. The van der Waals surface area contributed by atoms with Gasteiger partial charge in [0.25, 0.3) is 0 Å². The Bertz CT molecular complexity index is 6940. The van der Waals surface area contributed by atoms with Gasteiger partial charge in [-0.15, -0.1) is 0 Å². The third-order valence-corrected chi connectivity index (χ3v) is 23.0. The molecule has 1 atom stereocenters. The Morgan fingerprint density at radius 3 is 0.688 bits per heavy atom. The van der Waals surface area contributed by atoms with Crippen molar-refractivity contribution in [2.24, 2.45) is 4.99 Å². The lowest BCUT2D eigenvalue weighted by Gasteiger charge is -2.20. The fourth-order valence-electron chi connectivity index (χ4n) is 15.9. The van der Waals surface area contributed by atoms with E-state index in [2.05, 4.69) is 305 Å². The van der Waals surface area contributed by atoms with Gasteiger partial charge in [-0.05, 0) is 108 Å². The molecule has 1 aliphatic heterocycles. The molecule has 11 heteroatoms. The van der Waals surface area contributed by atoms with Crippen LogP contribution in [-0.2, 0) is 0 Å². The lowest BCUT2D eigenvalue weighted by atomic mass is 9.94. The lowest BCUT2D eigenvalue weighted by Crippen LogP contribution is -2.09. The van der Waals surface area contributed by atoms with Crippen LogP contribution in [0.3, 0.4) is 0 Å². The van der Waals surface area contributed by atoms with E-state index in [0.717, 1.165) is 176 Å². The Hall–Kier alpha value is -17.7. The van der Waals surface area contributed by atoms with Gasteiger partial charge < -0.3 is 0 Å². The molecule has 5 aromatic heterocycles. The van der Waals surface area contributed by atoms with Crippen molar-refractivity contribution in [3.05, 3.63) is 542 Å². The van der Waals surface area contributed by atoms with Crippen LogP contribution in [0.15, 0.2) is 508 Å². The monoisotopic (exact) mass is 1780 g/mol. The first kappa shape index (κ1) is 92.2. The maximum atomic E-state index is 4.91. The van der Waals surface area contributed by atoms with Crippen LogP contribution in [0.25, 0.3) is 158 Å². The molecule has 0 radical (unpaired) electrons. The molecule has 0 saturated carbocycles. The number of allylic oxidation sites excluding steroid dienone is 1. The fraction of sp³-hybridized carbons (Fsp3) is 0.0630. The highest BCUT2D eigenvalue weighted by atomic mass is 14.9. The van der Waals surface area contributed by atoms with Crippen molar-refractivity contribution in [2.45, 2.75) is 54.0 Å². The van der Waals surface area contributed by atoms with Crippen molar-refractivity contribution in [1.29, 1.82) is 0 Å². The number of nitrogens with zero attached hydrogens (tertiary/aromatic N) is 11. The summed E-state index contributed by atoms with van der Waals surface area (Å²) in [6, 6.07) is 167. The van der Waals surface area contributed by atoms with Crippen molar-refractivity contribution in [2.75, 3.05) is 0 Å². The molecule has 16 aromatic carbocycles. The zero-order valence-corrected chi connectivity index (χ0v) is 78.0. The van der Waals surface area contributed by atoms with E-state index in [1.807, 2.05) is 244 Å². The van der Waals surface area contributed by atoms with E-state index >= 15 is 0 Å². The highest BCUT2D eigenvalue weighted by molar-refractivity contribution is 6.09. The molecule has 0 fully saturated rings. The highest BCUT2D eigenvalue weighted by Gasteiger charge is 2.20. The van der Waals surface area contributed by atoms with E-state index < -0.39 is 0 Å². The van der Waals surface area contributed by atoms with Crippen molar-refractivity contribution in [3.63, 3.8) is 0 Å². The topological polar surface area (TPSA) is 141 Å². The first-order valence-electron chi connectivity index (χ1n) is 46.4. The van der Waals surface area contributed by atoms with E-state index in [1.165, 1.54) is 39.0 Å². The number of aryl methyl sites for hydroxylation is 5. The van der Waals surface area contributed by atoms with Crippen LogP contribution in [0.5, 0.6) is 0 Å². The number of rotatable bonds is 16. The Kier molecular flexibility index (Phi) is 30.8. The fourth-order valence-corrected chi connectivity index (χ4v) is 15.9. The van der Waals surface area contributed by atoms with Crippen LogP contribution in [0.1, 0.15) is 58.5 Å². The summed E-state index contributed by atoms with van der Waals surface area (Å²) < 4.78 is 0. The van der Waals surface area contributed by atoms with Gasteiger partial charge in [-0.25, -0.2) is 49.8 Å². The molecular weight excluding hydrogens is 1680 g/mol. The number of hydrogen-bond donors (Lipinski definition) is 0. The number of dihydropyridines is 1. The summed E-state index contributed by atoms with van der Waals surface area (Å²) in [6.45, 7) is 12.5. The average molecular weight is 1780 g/mol. The smallest absolute Gasteiger partial charge is 0.160 e. The van der Waals surface area contributed by atoms with Gasteiger partial charge in [0.05, 0.1) is 63.0 Å². The molecule has 138 heavy (non-hydrogen) atoms. The van der Waals surface area contributed by atoms with Crippen LogP contribution in [0.4, 0.5) is 0 Å². The van der Waals surface area contributed by atoms with Gasteiger partial charge in [0.15, 0.2) is 29.1 Å². The Morgan fingerprint density at radius 2 is 0.384 bits per heavy atom. The van der Waals surface area contributed by atoms with Gasteiger partial charge >= 0.3 is 0 Å². The summed E-state index contributed by atoms with van der Waals surface area (Å²) >= 11 is 0. The minimum absolute atomic E-state index is 0.251. The van der Waals surface area contributed by atoms with E-state index in [0.29, 0.717) is 0 Å². The van der Waals surface area contributed by atoms with Crippen molar-refractivity contribution in [1.82, 2.24) is 49.8 Å². The molecule has 666 valence electrons. The first-order valence-corrected chi connectivity index (χ1v) is 46.4. The molecule has 0 amide bonds. The highest BCUT2D eigenvalue weighted by Crippen LogP contribution is 2.36. The summed E-state index contributed by atoms with van der Waals surface area (Å²) in [5.41, 5.74) is 34.3. The second-order valence-electron chi connectivity index (χ2n) is 33.7. The first-order chi connectivity index (χ1) is 67.8. The third kappa shape index (κ3) is 25.2. The molecule has 6 heterocycles. The molecule has 0 bridgehead atoms. The summed E-state index contributed by atoms with van der Waals surface area (Å²) in [5.74, 6) is 3.78. The zero-order chi connectivity index (χ0) is 94.4. The van der Waals surface area contributed by atoms with Crippen molar-refractivity contribution >= 4 is 5.71 Å². The van der Waals surface area contributed by atoms with Crippen LogP contribution in [0, 0.1) is 34.6 Å². The van der Waals surface area contributed by atoms with Crippen molar-refractivity contribution in [3.8, 4) is 158 Å². The molecule has 11 nitrogen and oxygen atoms in total. The predicted octanol–water partition coefficient (Wildman–Crippen LogP) is 31.8. The molecule has 0 spiro atoms. The summed E-state index contributed by atoms with van der Waals surface area (Å²) in [6.07, 6.45) is 3.22. The Labute approximate surface area is 809 Å². The van der Waals surface area contributed by atoms with E-state index in [4.69, 9.17) is 44.9 Å². The zero-order valence-electron chi connectivity index (χ0n) is 78.0. The Balaban J connectivity index is 0.000000115. The SMILES string of the molecule is CC1=CC(c2ccccc2)=NC(c2ccccc2)C1.Cc1cc(-c2ccccc2)nc(-c2ccccc2)n1.Cc1ccc(-c2cc(-c3ccccc3)nc(-c3ccccc3)n2)cc1.Cc1ccc(-c2nc(-c3ccccc3)cc(-c3ccccc3)n2)cc1.Cc1cccc(-c2cc(-c3ccccc3)nc(-c3ccccc3)n2)c1.Cc1cccc(-c2nc(-c3ccccc3)cc(-c3ccccc3)n2)c1. The van der Waals surface area contributed by atoms with Gasteiger partial charge in [-0.2, -0.15) is 0 Å². The molecular formula is C127H103N11. The maximum absolute atomic E-state index is 4.91. The predicted molar refractivity (Wildman–Crippen MR) is 570 cm³/mol. The van der Waals surface area contributed by atoms with Gasteiger partial charge in [0, 0.05) is 83.6 Å². The van der Waals surface area contributed by atoms with Crippen LogP contribution >= 0.6 is 0 Å². The van der Waals surface area contributed by atoms with Crippen molar-refractivity contribution < 1.29 is 0 Å². The quantitative estimate of drug-likeness (QED) is 0.0918. The van der Waals surface area contributed by atoms with E-state index in [9.17, 15) is 0 Å². The minimum atomic E-state index is 0.251. The minimum Gasteiger partial charge on any atom is -0.276 e. The molecule has 0 saturated heterocycles. The van der Waals surface area contributed by atoms with Crippen LogP contribution < -0.4 is 0 Å². The van der Waals surface area contributed by atoms with Gasteiger partial charge in [0.2, 0.25) is 0 Å². The number of aromatic nitrogens is 10. The number of hydrogen-bond acceptors (Lipinski definition) is 11. The van der Waals surface area contributed by atoms with Gasteiger partial charge in [-0.3, -0.25) is 4.99 Å². The lowest BCUT2D eigenvalue weighted by molar-refractivity contribution is 0.710. The standard InChI is InChI=1S/4C23H18N2.C18H17N.C17H14N2/c1-17-9-8-14-20(15-17)22-16-21(18-10-4-2-5-11-18)24-23(25-22)19-12-6-3-7-13-19;1-17-9-8-14-20(15-17)23-24-21(18-10-4-2-5-11-18)16-22(25-23)19-12-6-3-7-13-19;1-17-12-14-19(15-13-17)22-16-21(18-8-4-2-5-9-18)24-23(25-22)20-10-6-3-7-11-20;1-17-12-14-20(15-13-17)23-24-21(18-8-4-2-5-9-18)16-22(25-23)19-10-6-3-7-11-19;1-14-12-17(15-8-4-2-5-9-15)19-18(13-14)16-10-6-3-7-11-16;1-13-12-16(14-8-4-2-5-9-14)19-17(18-13)15-10-6-3-7-11-15/h4*2-16H,1H3;2-12,18H,13H2,1H3;2-12H,1H3. The molecule has 1 aliphatic rings. The average Bonchev–Trinajstić information content (AvgIpc) is 0.841. The Morgan fingerprint density at radius 1 is 0.167 bits per heavy atom. The van der Waals surface area contributed by atoms with Gasteiger partial charge in [0.1, 0.15) is 0 Å². The maximum Gasteiger partial charge on any atom is 0.160 e. The van der Waals surface area contributed by atoms with Crippen LogP contribution in [-0.4, -0.2) is 55.6 Å². The molecule has 1 unspecified atom stereocenters. The normalized spacial score (nSPS) is 11.7. The number of aliphatic imine (C=N–C) groups is 1.